The number of anilines is 1. The molecule has 0 saturated carbocycles. The average Bonchev–Trinajstić information content (AvgIpc) is 3.08. The minimum Gasteiger partial charge on any atom is -0.378 e. The summed E-state index contributed by atoms with van der Waals surface area (Å²) in [7, 11) is 3.97. The van der Waals surface area contributed by atoms with Crippen LogP contribution >= 0.6 is 0 Å². The predicted molar refractivity (Wildman–Crippen MR) is 84.4 cm³/mol. The van der Waals surface area contributed by atoms with Crippen LogP contribution in [0.3, 0.4) is 0 Å². The summed E-state index contributed by atoms with van der Waals surface area (Å²) in [4.78, 5) is 20.7. The van der Waals surface area contributed by atoms with Gasteiger partial charge in [0.25, 0.3) is 5.91 Å². The maximum Gasteiger partial charge on any atom is 0.276 e. The van der Waals surface area contributed by atoms with E-state index in [2.05, 4.69) is 10.1 Å². The van der Waals surface area contributed by atoms with Crippen molar-refractivity contribution >= 4 is 11.6 Å². The zero-order chi connectivity index (χ0) is 16.4. The third-order valence-electron chi connectivity index (χ3n) is 3.81. The molecule has 2 aromatic heterocycles. The first kappa shape index (κ1) is 15.5. The Hall–Kier alpha value is -2.41. The van der Waals surface area contributed by atoms with Gasteiger partial charge in [0.15, 0.2) is 5.69 Å². The van der Waals surface area contributed by atoms with Crippen LogP contribution in [0.5, 0.6) is 0 Å². The summed E-state index contributed by atoms with van der Waals surface area (Å²) in [5, 5.41) is 3.71. The van der Waals surface area contributed by atoms with Gasteiger partial charge in [0, 0.05) is 38.1 Å². The standard InChI is InChI=1S/C16H20N4O3/c1-11-8-12(19(2)3)9-14(17-11)15-10-20(5-7-22-15)16(21)13-4-6-23-18-13/h4,6,8-9,15H,5,7,10H2,1-3H3/t15-/m0/s1. The summed E-state index contributed by atoms with van der Waals surface area (Å²) >= 11 is 0. The van der Waals surface area contributed by atoms with Crippen LogP contribution in [0.2, 0.25) is 0 Å². The Kier molecular flexibility index (Phi) is 4.29. The van der Waals surface area contributed by atoms with Crippen molar-refractivity contribution in [1.29, 1.82) is 0 Å². The number of pyridine rings is 1. The highest BCUT2D eigenvalue weighted by molar-refractivity contribution is 5.92. The summed E-state index contributed by atoms with van der Waals surface area (Å²) < 4.78 is 10.6. The number of morpholine rings is 1. The molecule has 0 unspecified atom stereocenters. The first-order valence-corrected chi connectivity index (χ1v) is 7.52. The van der Waals surface area contributed by atoms with E-state index in [0.29, 0.717) is 25.4 Å². The van der Waals surface area contributed by atoms with Crippen LogP contribution < -0.4 is 4.90 Å². The molecular formula is C16H20N4O3. The lowest BCUT2D eigenvalue weighted by molar-refractivity contribution is -0.0250. The van der Waals surface area contributed by atoms with E-state index in [9.17, 15) is 4.79 Å². The smallest absolute Gasteiger partial charge is 0.276 e. The molecule has 1 saturated heterocycles. The molecule has 1 atom stereocenters. The largest absolute Gasteiger partial charge is 0.378 e. The van der Waals surface area contributed by atoms with Crippen molar-refractivity contribution < 1.29 is 14.1 Å². The van der Waals surface area contributed by atoms with E-state index in [1.807, 2.05) is 38.1 Å². The van der Waals surface area contributed by atoms with Crippen molar-refractivity contribution in [2.24, 2.45) is 0 Å². The van der Waals surface area contributed by atoms with Gasteiger partial charge in [0.05, 0.1) is 18.8 Å². The fraction of sp³-hybridized carbons (Fsp3) is 0.438. The van der Waals surface area contributed by atoms with Crippen molar-refractivity contribution in [3.63, 3.8) is 0 Å². The first-order valence-electron chi connectivity index (χ1n) is 7.52. The van der Waals surface area contributed by atoms with Crippen molar-refractivity contribution in [2.45, 2.75) is 13.0 Å². The molecule has 122 valence electrons. The van der Waals surface area contributed by atoms with Crippen LogP contribution in [0.25, 0.3) is 0 Å². The molecule has 0 spiro atoms. The topological polar surface area (TPSA) is 71.7 Å². The molecule has 0 bridgehead atoms. The number of aromatic nitrogens is 2. The number of rotatable bonds is 3. The van der Waals surface area contributed by atoms with Crippen LogP contribution in [-0.4, -0.2) is 54.7 Å². The lowest BCUT2D eigenvalue weighted by atomic mass is 10.1. The lowest BCUT2D eigenvalue weighted by Gasteiger charge is -2.32. The van der Waals surface area contributed by atoms with E-state index < -0.39 is 0 Å². The van der Waals surface area contributed by atoms with Gasteiger partial charge < -0.3 is 19.1 Å². The highest BCUT2D eigenvalue weighted by Crippen LogP contribution is 2.25. The Balaban J connectivity index is 1.80. The van der Waals surface area contributed by atoms with Gasteiger partial charge in [-0.1, -0.05) is 5.16 Å². The summed E-state index contributed by atoms with van der Waals surface area (Å²) in [6, 6.07) is 5.59. The quantitative estimate of drug-likeness (QED) is 0.857. The molecule has 0 aliphatic carbocycles. The molecule has 7 heteroatoms. The molecule has 1 fully saturated rings. The van der Waals surface area contributed by atoms with E-state index in [4.69, 9.17) is 9.26 Å². The zero-order valence-electron chi connectivity index (χ0n) is 13.5. The molecule has 3 rings (SSSR count). The van der Waals surface area contributed by atoms with Crippen LogP contribution in [-0.2, 0) is 4.74 Å². The van der Waals surface area contributed by atoms with Crippen LogP contribution in [0.15, 0.2) is 29.0 Å². The highest BCUT2D eigenvalue weighted by atomic mass is 16.5. The van der Waals surface area contributed by atoms with Crippen LogP contribution in [0, 0.1) is 6.92 Å². The van der Waals surface area contributed by atoms with Gasteiger partial charge in [0.1, 0.15) is 12.4 Å². The molecule has 0 aromatic carbocycles. The molecule has 1 aliphatic heterocycles. The van der Waals surface area contributed by atoms with Gasteiger partial charge in [-0.2, -0.15) is 0 Å². The normalized spacial score (nSPS) is 18.0. The zero-order valence-corrected chi connectivity index (χ0v) is 13.5. The SMILES string of the molecule is Cc1cc(N(C)C)cc([C@@H]2CN(C(=O)c3ccon3)CCO2)n1. The van der Waals surface area contributed by atoms with Crippen LogP contribution in [0.4, 0.5) is 5.69 Å². The summed E-state index contributed by atoms with van der Waals surface area (Å²) in [6.45, 7) is 3.42. The van der Waals surface area contributed by atoms with Gasteiger partial charge in [-0.25, -0.2) is 0 Å². The van der Waals surface area contributed by atoms with Gasteiger partial charge in [0.2, 0.25) is 0 Å². The minimum atomic E-state index is -0.238. The maximum absolute atomic E-state index is 12.4. The number of aryl methyl sites for hydroxylation is 1. The number of nitrogens with zero attached hydrogens (tertiary/aromatic N) is 4. The Bertz CT molecular complexity index is 685. The molecule has 2 aromatic rings. The average molecular weight is 316 g/mol. The molecule has 1 amide bonds. The van der Waals surface area contributed by atoms with Crippen molar-refractivity contribution in [2.75, 3.05) is 38.7 Å². The Morgan fingerprint density at radius 1 is 1.39 bits per heavy atom. The van der Waals surface area contributed by atoms with Crippen molar-refractivity contribution in [1.82, 2.24) is 15.0 Å². The number of amides is 1. The Morgan fingerprint density at radius 2 is 2.22 bits per heavy atom. The van der Waals surface area contributed by atoms with Crippen molar-refractivity contribution in [3.8, 4) is 0 Å². The Morgan fingerprint density at radius 3 is 2.91 bits per heavy atom. The predicted octanol–water partition coefficient (Wildman–Crippen LogP) is 1.66. The van der Waals surface area contributed by atoms with Gasteiger partial charge >= 0.3 is 0 Å². The summed E-state index contributed by atoms with van der Waals surface area (Å²) in [5.74, 6) is -0.146. The van der Waals surface area contributed by atoms with E-state index in [1.165, 1.54) is 6.26 Å². The fourth-order valence-corrected chi connectivity index (χ4v) is 2.60. The fourth-order valence-electron chi connectivity index (χ4n) is 2.60. The summed E-state index contributed by atoms with van der Waals surface area (Å²) in [6.07, 6.45) is 1.16. The number of ether oxygens (including phenoxy) is 1. The third-order valence-corrected chi connectivity index (χ3v) is 3.81. The maximum atomic E-state index is 12.4. The third kappa shape index (κ3) is 3.34. The number of hydrogen-bond acceptors (Lipinski definition) is 6. The van der Waals surface area contributed by atoms with E-state index in [-0.39, 0.29) is 12.0 Å². The second kappa shape index (κ2) is 6.37. The monoisotopic (exact) mass is 316 g/mol. The van der Waals surface area contributed by atoms with E-state index in [1.54, 1.807) is 11.0 Å². The van der Waals surface area contributed by atoms with Gasteiger partial charge in [-0.3, -0.25) is 9.78 Å². The molecule has 1 aliphatic rings. The molecule has 23 heavy (non-hydrogen) atoms. The van der Waals surface area contributed by atoms with Crippen molar-refractivity contribution in [3.05, 3.63) is 41.5 Å². The minimum absolute atomic E-state index is 0.146. The molecular weight excluding hydrogens is 296 g/mol. The lowest BCUT2D eigenvalue weighted by Crippen LogP contribution is -2.42. The second-order valence-electron chi connectivity index (χ2n) is 5.78. The van der Waals surface area contributed by atoms with E-state index in [0.717, 1.165) is 17.1 Å². The molecule has 7 nitrogen and oxygen atoms in total. The van der Waals surface area contributed by atoms with E-state index >= 15 is 0 Å². The molecule has 0 radical (unpaired) electrons. The second-order valence-corrected chi connectivity index (χ2v) is 5.78. The van der Waals surface area contributed by atoms with Crippen LogP contribution in [0.1, 0.15) is 28.0 Å². The molecule has 3 heterocycles. The number of carbonyl (C=O) groups is 1. The number of carbonyl (C=O) groups excluding carboxylic acids is 1. The van der Waals surface area contributed by atoms with Gasteiger partial charge in [-0.15, -0.1) is 0 Å². The van der Waals surface area contributed by atoms with Gasteiger partial charge in [-0.05, 0) is 19.1 Å². The molecule has 0 N–H and O–H groups in total. The highest BCUT2D eigenvalue weighted by Gasteiger charge is 2.28. The Labute approximate surface area is 134 Å². The number of hydrogen-bond donors (Lipinski definition) is 0. The first-order chi connectivity index (χ1) is 11.0. The summed E-state index contributed by atoms with van der Waals surface area (Å²) in [5.41, 5.74) is 3.15.